The molecule has 25 heavy (non-hydrogen) atoms. The van der Waals surface area contributed by atoms with Crippen LogP contribution in [0.2, 0.25) is 0 Å². The molecule has 0 aliphatic heterocycles. The van der Waals surface area contributed by atoms with E-state index in [-0.39, 0.29) is 18.9 Å². The number of amides is 2. The van der Waals surface area contributed by atoms with Crippen molar-refractivity contribution in [1.29, 1.82) is 0 Å². The number of hydrogen-bond acceptors (Lipinski definition) is 6. The summed E-state index contributed by atoms with van der Waals surface area (Å²) in [6.45, 7) is 1.98. The van der Waals surface area contributed by atoms with Gasteiger partial charge in [-0.1, -0.05) is 23.1 Å². The van der Waals surface area contributed by atoms with Gasteiger partial charge in [-0.3, -0.25) is 14.8 Å². The lowest BCUT2D eigenvalue weighted by Crippen LogP contribution is -2.46. The molecule has 11 nitrogen and oxygen atoms in total. The van der Waals surface area contributed by atoms with E-state index in [1.807, 2.05) is 6.92 Å². The third kappa shape index (κ3) is 7.26. The SMILES string of the molecule is Cc1ccc(C(=O)N[C@@H](CCCN=C(N)N[N+](=O)[O-])C(=O)NO)cc1. The number of nitro groups is 1. The summed E-state index contributed by atoms with van der Waals surface area (Å²) in [7, 11) is 0. The minimum absolute atomic E-state index is 0.0995. The van der Waals surface area contributed by atoms with Crippen molar-refractivity contribution in [3.8, 4) is 0 Å². The zero-order chi connectivity index (χ0) is 18.8. The first-order chi connectivity index (χ1) is 11.8. The number of hydrogen-bond donors (Lipinski definition) is 5. The summed E-state index contributed by atoms with van der Waals surface area (Å²) in [5, 5.41) is 20.6. The van der Waals surface area contributed by atoms with Gasteiger partial charge in [0.2, 0.25) is 0 Å². The number of aliphatic imine (C=N–C) groups is 1. The Morgan fingerprint density at radius 2 is 2.00 bits per heavy atom. The van der Waals surface area contributed by atoms with E-state index < -0.39 is 22.9 Å². The topological polar surface area (TPSA) is 172 Å². The van der Waals surface area contributed by atoms with Gasteiger partial charge in [0, 0.05) is 12.1 Å². The highest BCUT2D eigenvalue weighted by Crippen LogP contribution is 2.05. The number of nitrogens with two attached hydrogens (primary N) is 1. The smallest absolute Gasteiger partial charge is 0.265 e. The Morgan fingerprint density at radius 1 is 1.36 bits per heavy atom. The van der Waals surface area contributed by atoms with Crippen molar-refractivity contribution in [1.82, 2.24) is 16.2 Å². The number of hydroxylamine groups is 1. The molecule has 0 spiro atoms. The van der Waals surface area contributed by atoms with Crippen LogP contribution in [0.25, 0.3) is 0 Å². The molecular weight excluding hydrogens is 332 g/mol. The van der Waals surface area contributed by atoms with Gasteiger partial charge in [-0.15, -0.1) is 0 Å². The Bertz CT molecular complexity index is 646. The van der Waals surface area contributed by atoms with Gasteiger partial charge < -0.3 is 11.1 Å². The summed E-state index contributed by atoms with van der Waals surface area (Å²) in [4.78, 5) is 37.7. The fourth-order valence-corrected chi connectivity index (χ4v) is 1.92. The molecule has 136 valence electrons. The summed E-state index contributed by atoms with van der Waals surface area (Å²) in [5.74, 6) is -1.61. The van der Waals surface area contributed by atoms with E-state index >= 15 is 0 Å². The highest BCUT2D eigenvalue weighted by molar-refractivity contribution is 5.97. The first-order valence-corrected chi connectivity index (χ1v) is 7.36. The Hall–Kier alpha value is -3.21. The Labute approximate surface area is 143 Å². The van der Waals surface area contributed by atoms with Crippen LogP contribution in [0.15, 0.2) is 29.3 Å². The van der Waals surface area contributed by atoms with Gasteiger partial charge in [-0.25, -0.2) is 20.6 Å². The third-order valence-electron chi connectivity index (χ3n) is 3.18. The van der Waals surface area contributed by atoms with E-state index in [4.69, 9.17) is 10.9 Å². The van der Waals surface area contributed by atoms with Crippen LogP contribution in [0.5, 0.6) is 0 Å². The molecule has 1 rings (SSSR count). The van der Waals surface area contributed by atoms with Crippen molar-refractivity contribution in [3.63, 3.8) is 0 Å². The Kier molecular flexibility index (Phi) is 7.79. The fraction of sp³-hybridized carbons (Fsp3) is 0.357. The van der Waals surface area contributed by atoms with Crippen molar-refractivity contribution in [2.75, 3.05) is 6.54 Å². The third-order valence-corrected chi connectivity index (χ3v) is 3.18. The van der Waals surface area contributed by atoms with Crippen LogP contribution >= 0.6 is 0 Å². The highest BCUT2D eigenvalue weighted by Gasteiger charge is 2.20. The molecule has 6 N–H and O–H groups in total. The monoisotopic (exact) mass is 352 g/mol. The summed E-state index contributed by atoms with van der Waals surface area (Å²) in [5.41, 5.74) is 9.79. The van der Waals surface area contributed by atoms with Crippen LogP contribution in [-0.2, 0) is 4.79 Å². The second-order valence-electron chi connectivity index (χ2n) is 5.15. The molecular formula is C14H20N6O5. The molecule has 1 aromatic carbocycles. The molecule has 0 aromatic heterocycles. The van der Waals surface area contributed by atoms with Crippen molar-refractivity contribution in [2.24, 2.45) is 10.7 Å². The number of nitrogens with one attached hydrogen (secondary N) is 3. The molecule has 0 saturated heterocycles. The molecule has 1 atom stereocenters. The quantitative estimate of drug-likeness (QED) is 0.104. The molecule has 0 heterocycles. The lowest BCUT2D eigenvalue weighted by molar-refractivity contribution is -0.525. The van der Waals surface area contributed by atoms with E-state index in [9.17, 15) is 19.7 Å². The molecule has 2 amide bonds. The number of aryl methyl sites for hydroxylation is 1. The summed E-state index contributed by atoms with van der Waals surface area (Å²) in [6.07, 6.45) is 0.450. The van der Waals surface area contributed by atoms with Crippen LogP contribution in [0.3, 0.4) is 0 Å². The number of guanidine groups is 1. The fourth-order valence-electron chi connectivity index (χ4n) is 1.92. The molecule has 11 heteroatoms. The molecule has 0 fully saturated rings. The summed E-state index contributed by atoms with van der Waals surface area (Å²) < 4.78 is 0. The zero-order valence-corrected chi connectivity index (χ0v) is 13.6. The van der Waals surface area contributed by atoms with Gasteiger partial charge in [-0.05, 0) is 31.9 Å². The Balaban J connectivity index is 2.59. The van der Waals surface area contributed by atoms with E-state index in [0.717, 1.165) is 5.56 Å². The molecule has 0 bridgehead atoms. The first-order valence-electron chi connectivity index (χ1n) is 7.36. The predicted octanol–water partition coefficient (Wildman–Crippen LogP) is -0.525. The maximum Gasteiger partial charge on any atom is 0.265 e. The molecule has 0 saturated carbocycles. The van der Waals surface area contributed by atoms with Crippen molar-refractivity contribution >= 4 is 17.8 Å². The number of hydrazine groups is 1. The molecule has 0 aliphatic carbocycles. The van der Waals surface area contributed by atoms with E-state index in [1.54, 1.807) is 29.7 Å². The van der Waals surface area contributed by atoms with Crippen molar-refractivity contribution < 1.29 is 19.8 Å². The van der Waals surface area contributed by atoms with E-state index in [2.05, 4.69) is 10.3 Å². The summed E-state index contributed by atoms with van der Waals surface area (Å²) >= 11 is 0. The summed E-state index contributed by atoms with van der Waals surface area (Å²) in [6, 6.07) is 5.77. The standard InChI is InChI=1S/C14H20N6O5/c1-9-4-6-10(7-5-9)12(21)17-11(13(22)19-23)3-2-8-16-14(15)18-20(24)25/h4-7,11,23H,2-3,8H2,1H3,(H,17,21)(H,19,22)(H3,15,16,18)/t11-/m0/s1. The van der Waals surface area contributed by atoms with E-state index in [1.165, 1.54) is 5.48 Å². The van der Waals surface area contributed by atoms with Crippen molar-refractivity contribution in [2.45, 2.75) is 25.8 Å². The van der Waals surface area contributed by atoms with Gasteiger partial charge in [-0.2, -0.15) is 0 Å². The molecule has 0 aliphatic rings. The minimum atomic E-state index is -0.987. The van der Waals surface area contributed by atoms with Gasteiger partial charge in [0.1, 0.15) is 6.04 Å². The second-order valence-corrected chi connectivity index (χ2v) is 5.15. The normalized spacial score (nSPS) is 12.2. The van der Waals surface area contributed by atoms with E-state index in [0.29, 0.717) is 12.0 Å². The van der Waals surface area contributed by atoms with Crippen LogP contribution in [-0.4, -0.2) is 40.6 Å². The number of benzene rings is 1. The average Bonchev–Trinajstić information content (AvgIpc) is 2.56. The lowest BCUT2D eigenvalue weighted by Gasteiger charge is -2.16. The van der Waals surface area contributed by atoms with Gasteiger partial charge in [0.25, 0.3) is 17.8 Å². The number of carbonyl (C=O) groups is 2. The second kappa shape index (κ2) is 9.82. The maximum absolute atomic E-state index is 12.1. The largest absolute Gasteiger partial charge is 0.365 e. The molecule has 0 radical (unpaired) electrons. The Morgan fingerprint density at radius 3 is 2.56 bits per heavy atom. The lowest BCUT2D eigenvalue weighted by atomic mass is 10.1. The number of carbonyl (C=O) groups excluding carboxylic acids is 2. The molecule has 0 unspecified atom stereocenters. The first kappa shape index (κ1) is 19.8. The van der Waals surface area contributed by atoms with Gasteiger partial charge >= 0.3 is 0 Å². The van der Waals surface area contributed by atoms with Crippen LogP contribution in [0, 0.1) is 17.0 Å². The van der Waals surface area contributed by atoms with Crippen LogP contribution in [0.4, 0.5) is 0 Å². The number of rotatable bonds is 8. The van der Waals surface area contributed by atoms with Crippen molar-refractivity contribution in [3.05, 3.63) is 45.5 Å². The minimum Gasteiger partial charge on any atom is -0.365 e. The van der Waals surface area contributed by atoms with Crippen LogP contribution < -0.4 is 22.0 Å². The molecule has 1 aromatic rings. The number of nitrogens with zero attached hydrogens (tertiary/aromatic N) is 2. The van der Waals surface area contributed by atoms with Crippen LogP contribution in [0.1, 0.15) is 28.8 Å². The highest BCUT2D eigenvalue weighted by atomic mass is 16.7. The van der Waals surface area contributed by atoms with Gasteiger partial charge in [0.15, 0.2) is 5.03 Å². The zero-order valence-electron chi connectivity index (χ0n) is 13.6. The average molecular weight is 352 g/mol. The van der Waals surface area contributed by atoms with Gasteiger partial charge in [0.05, 0.1) is 0 Å². The predicted molar refractivity (Wildman–Crippen MR) is 88.2 cm³/mol. The maximum atomic E-state index is 12.1.